The minimum Gasteiger partial charge on any atom is -0.393 e. The molecule has 1 aliphatic carbocycles. The fraction of sp³-hybridized carbons (Fsp3) is 0.583. The van der Waals surface area contributed by atoms with Crippen molar-refractivity contribution < 1.29 is 14.8 Å². The Bertz CT molecular complexity index is 527. The maximum Gasteiger partial charge on any atom is 0.287 e. The lowest BCUT2D eigenvalue weighted by Gasteiger charge is -2.17. The number of nitro groups is 1. The molecule has 19 heavy (non-hydrogen) atoms. The normalized spacial score (nSPS) is 29.5. The first kappa shape index (κ1) is 12.2. The zero-order chi connectivity index (χ0) is 13.6. The molecule has 102 valence electrons. The Labute approximate surface area is 109 Å². The molecule has 0 bridgehead atoms. The van der Waals surface area contributed by atoms with E-state index in [1.54, 1.807) is 4.90 Å². The van der Waals surface area contributed by atoms with Crippen LogP contribution in [-0.2, 0) is 0 Å². The molecule has 3 unspecified atom stereocenters. The largest absolute Gasteiger partial charge is 0.393 e. The molecule has 2 aliphatic rings. The second kappa shape index (κ2) is 4.34. The average molecular weight is 265 g/mol. The number of fused-ring (bicyclic) bond motifs is 1. The second-order valence-corrected chi connectivity index (χ2v) is 5.31. The van der Waals surface area contributed by atoms with Crippen LogP contribution in [0.5, 0.6) is 0 Å². The lowest BCUT2D eigenvalue weighted by molar-refractivity contribution is -0.384. The summed E-state index contributed by atoms with van der Waals surface area (Å²) in [5, 5.41) is 20.4. The first-order valence-corrected chi connectivity index (χ1v) is 6.36. The van der Waals surface area contributed by atoms with Gasteiger partial charge >= 0.3 is 0 Å². The smallest absolute Gasteiger partial charge is 0.287 e. The van der Waals surface area contributed by atoms with E-state index in [1.807, 2.05) is 0 Å². The van der Waals surface area contributed by atoms with Gasteiger partial charge in [-0.2, -0.15) is 0 Å². The fourth-order valence-corrected chi connectivity index (χ4v) is 3.18. The topological polar surface area (TPSA) is 99.5 Å². The van der Waals surface area contributed by atoms with E-state index in [4.69, 9.17) is 0 Å². The maximum atomic E-state index is 12.2. The van der Waals surface area contributed by atoms with Crippen molar-refractivity contribution in [2.45, 2.75) is 18.9 Å². The number of hydrogen-bond donors (Lipinski definition) is 2. The molecule has 2 heterocycles. The fourth-order valence-electron chi connectivity index (χ4n) is 3.18. The highest BCUT2D eigenvalue weighted by Crippen LogP contribution is 2.38. The quantitative estimate of drug-likeness (QED) is 0.609. The summed E-state index contributed by atoms with van der Waals surface area (Å²) in [5.41, 5.74) is 0.129. The number of aliphatic hydroxyl groups is 1. The number of carbonyl (C=O) groups is 1. The maximum absolute atomic E-state index is 12.2. The van der Waals surface area contributed by atoms with Crippen LogP contribution in [-0.4, -0.2) is 45.0 Å². The van der Waals surface area contributed by atoms with Crippen molar-refractivity contribution in [2.75, 3.05) is 13.1 Å². The van der Waals surface area contributed by atoms with E-state index in [0.29, 0.717) is 19.0 Å². The van der Waals surface area contributed by atoms with E-state index in [-0.39, 0.29) is 29.3 Å². The van der Waals surface area contributed by atoms with Gasteiger partial charge in [-0.15, -0.1) is 0 Å². The molecule has 7 nitrogen and oxygen atoms in total. The van der Waals surface area contributed by atoms with Gasteiger partial charge in [0.1, 0.15) is 5.69 Å². The standard InChI is InChI=1S/C12H15N3O4/c16-11-2-1-7-5-14(6-9(7)11)12(17)10-3-8(4-13-10)15(18)19/h3-4,7,9,11,13,16H,1-2,5-6H2. The van der Waals surface area contributed by atoms with Crippen molar-refractivity contribution in [1.82, 2.24) is 9.88 Å². The van der Waals surface area contributed by atoms with E-state index >= 15 is 0 Å². The van der Waals surface area contributed by atoms with Crippen LogP contribution in [0.2, 0.25) is 0 Å². The summed E-state index contributed by atoms with van der Waals surface area (Å²) in [6.07, 6.45) is 2.66. The van der Waals surface area contributed by atoms with Crippen molar-refractivity contribution in [1.29, 1.82) is 0 Å². The number of aromatic amines is 1. The predicted molar refractivity (Wildman–Crippen MR) is 65.6 cm³/mol. The van der Waals surface area contributed by atoms with Crippen molar-refractivity contribution in [3.05, 3.63) is 28.1 Å². The minimum absolute atomic E-state index is 0.109. The van der Waals surface area contributed by atoms with Gasteiger partial charge < -0.3 is 15.0 Å². The third-order valence-corrected chi connectivity index (χ3v) is 4.22. The van der Waals surface area contributed by atoms with Crippen LogP contribution in [0, 0.1) is 22.0 Å². The van der Waals surface area contributed by atoms with Crippen molar-refractivity contribution in [3.63, 3.8) is 0 Å². The molecule has 2 N–H and O–H groups in total. The van der Waals surface area contributed by atoms with E-state index in [1.165, 1.54) is 12.3 Å². The summed E-state index contributed by atoms with van der Waals surface area (Å²) in [5.74, 6) is 0.299. The SMILES string of the molecule is O=C(c1cc([N+](=O)[O-])c[nH]1)N1CC2CCC(O)C2C1. The first-order valence-electron chi connectivity index (χ1n) is 6.36. The molecule has 3 rings (SSSR count). The Balaban J connectivity index is 1.73. The number of carbonyl (C=O) groups excluding carboxylic acids is 1. The Morgan fingerprint density at radius 1 is 1.47 bits per heavy atom. The molecule has 1 aliphatic heterocycles. The molecule has 1 amide bonds. The average Bonchev–Trinajstić information content (AvgIpc) is 3.05. The molecule has 1 saturated carbocycles. The van der Waals surface area contributed by atoms with Gasteiger partial charge in [-0.05, 0) is 18.8 Å². The van der Waals surface area contributed by atoms with Crippen LogP contribution in [0.4, 0.5) is 5.69 Å². The van der Waals surface area contributed by atoms with Gasteiger partial charge in [0.25, 0.3) is 11.6 Å². The number of amides is 1. The van der Waals surface area contributed by atoms with Gasteiger partial charge in [0.05, 0.1) is 17.2 Å². The van der Waals surface area contributed by atoms with Crippen LogP contribution in [0.3, 0.4) is 0 Å². The number of likely N-dealkylation sites (tertiary alicyclic amines) is 1. The van der Waals surface area contributed by atoms with Crippen molar-refractivity contribution >= 4 is 11.6 Å². The molecule has 0 radical (unpaired) electrons. The Morgan fingerprint density at radius 3 is 2.89 bits per heavy atom. The monoisotopic (exact) mass is 265 g/mol. The van der Waals surface area contributed by atoms with Gasteiger partial charge in [0.15, 0.2) is 0 Å². The molecule has 0 aromatic carbocycles. The molecular weight excluding hydrogens is 250 g/mol. The van der Waals surface area contributed by atoms with Gasteiger partial charge in [-0.3, -0.25) is 14.9 Å². The van der Waals surface area contributed by atoms with E-state index in [0.717, 1.165) is 12.8 Å². The lowest BCUT2D eigenvalue weighted by Crippen LogP contribution is -2.31. The number of nitrogens with one attached hydrogen (secondary N) is 1. The zero-order valence-corrected chi connectivity index (χ0v) is 10.3. The summed E-state index contributed by atoms with van der Waals surface area (Å²) in [6.45, 7) is 1.17. The predicted octanol–water partition coefficient (Wildman–Crippen LogP) is 0.766. The molecular formula is C12H15N3O4. The number of H-pyrrole nitrogens is 1. The molecule has 3 atom stereocenters. The highest BCUT2D eigenvalue weighted by molar-refractivity contribution is 5.93. The molecule has 1 aromatic rings. The number of aromatic nitrogens is 1. The molecule has 1 aromatic heterocycles. The third kappa shape index (κ3) is 1.99. The van der Waals surface area contributed by atoms with E-state index < -0.39 is 4.92 Å². The van der Waals surface area contributed by atoms with Crippen LogP contribution in [0.1, 0.15) is 23.3 Å². The highest BCUT2D eigenvalue weighted by Gasteiger charge is 2.43. The summed E-state index contributed by atoms with van der Waals surface area (Å²) < 4.78 is 0. The van der Waals surface area contributed by atoms with Crippen LogP contribution in [0.25, 0.3) is 0 Å². The van der Waals surface area contributed by atoms with Crippen LogP contribution >= 0.6 is 0 Å². The molecule has 1 saturated heterocycles. The Morgan fingerprint density at radius 2 is 2.26 bits per heavy atom. The Hall–Kier alpha value is -1.89. The molecule has 0 spiro atoms. The lowest BCUT2D eigenvalue weighted by atomic mass is 10.00. The summed E-state index contributed by atoms with van der Waals surface area (Å²) >= 11 is 0. The Kier molecular flexibility index (Phi) is 2.78. The molecule has 7 heteroatoms. The van der Waals surface area contributed by atoms with Gasteiger partial charge in [-0.25, -0.2) is 0 Å². The minimum atomic E-state index is -0.532. The van der Waals surface area contributed by atoms with Crippen LogP contribution in [0.15, 0.2) is 12.3 Å². The van der Waals surface area contributed by atoms with Gasteiger partial charge in [0.2, 0.25) is 0 Å². The van der Waals surface area contributed by atoms with E-state index in [9.17, 15) is 20.0 Å². The first-order chi connectivity index (χ1) is 9.06. The van der Waals surface area contributed by atoms with Crippen LogP contribution < -0.4 is 0 Å². The number of nitrogens with zero attached hydrogens (tertiary/aromatic N) is 2. The summed E-state index contributed by atoms with van der Waals surface area (Å²) in [4.78, 5) is 26.6. The van der Waals surface area contributed by atoms with Crippen molar-refractivity contribution in [2.24, 2.45) is 11.8 Å². The number of aliphatic hydroxyl groups excluding tert-OH is 1. The van der Waals surface area contributed by atoms with E-state index in [2.05, 4.69) is 4.98 Å². The third-order valence-electron chi connectivity index (χ3n) is 4.22. The summed E-state index contributed by atoms with van der Waals surface area (Å²) in [7, 11) is 0. The second-order valence-electron chi connectivity index (χ2n) is 5.31. The molecule has 2 fully saturated rings. The van der Waals surface area contributed by atoms with Gasteiger partial charge in [-0.1, -0.05) is 0 Å². The summed E-state index contributed by atoms with van der Waals surface area (Å²) in [6, 6.07) is 1.26. The zero-order valence-electron chi connectivity index (χ0n) is 10.3. The van der Waals surface area contributed by atoms with Gasteiger partial charge in [0, 0.05) is 25.1 Å². The number of rotatable bonds is 2. The van der Waals surface area contributed by atoms with Crippen molar-refractivity contribution in [3.8, 4) is 0 Å². The highest BCUT2D eigenvalue weighted by atomic mass is 16.6. The number of hydrogen-bond acceptors (Lipinski definition) is 4.